The summed E-state index contributed by atoms with van der Waals surface area (Å²) in [4.78, 5) is 17.3. The number of halogens is 1. The molecular weight excluding hydrogens is 542 g/mol. The average Bonchev–Trinajstić information content (AvgIpc) is 2.84. The molecule has 2 heterocycles. The quantitative estimate of drug-likeness (QED) is 0.266. The lowest BCUT2D eigenvalue weighted by molar-refractivity contribution is 0.452. The highest BCUT2D eigenvalue weighted by molar-refractivity contribution is 9.10. The number of benzene rings is 2. The lowest BCUT2D eigenvalue weighted by Crippen LogP contribution is -2.19. The third-order valence-corrected chi connectivity index (χ3v) is 7.74. The number of allylic oxidation sites excluding steroid dienone is 1. The number of rotatable bonds is 6. The van der Waals surface area contributed by atoms with Crippen LogP contribution in [-0.2, 0) is 9.84 Å². The van der Waals surface area contributed by atoms with Crippen LogP contribution in [0.3, 0.4) is 0 Å². The summed E-state index contributed by atoms with van der Waals surface area (Å²) in [5.74, 6) is 0.534. The maximum absolute atomic E-state index is 13.5. The van der Waals surface area contributed by atoms with E-state index < -0.39 is 20.3 Å². The Morgan fingerprint density at radius 2 is 1.86 bits per heavy atom. The zero-order valence-corrected chi connectivity index (χ0v) is 22.2. The number of hydrogen-bond donors (Lipinski definition) is 0. The van der Waals surface area contributed by atoms with Gasteiger partial charge in [-0.2, -0.15) is 10.2 Å². The summed E-state index contributed by atoms with van der Waals surface area (Å²) < 4.78 is 34.6. The lowest BCUT2D eigenvalue weighted by Gasteiger charge is -2.16. The Hall–Kier alpha value is -3.74. The molecule has 0 amide bonds. The number of aromatic nitrogens is 2. The largest absolute Gasteiger partial charge is 0.438 e. The highest BCUT2D eigenvalue weighted by Gasteiger charge is 2.24. The Kier molecular flexibility index (Phi) is 7.11. The predicted octanol–water partition coefficient (Wildman–Crippen LogP) is 6.02. The standard InChI is InChI=1S/C27H22BrN3O4S/c1-17(2)22-12-7-18(3)14-24(22)35-26-23(27(32)31-13-5-4-6-25(31)30-26)15-21(16-29)36(33,34)20-10-8-19(28)9-11-20/h4-15,17H,1-3H3/b21-15+. The number of sulfone groups is 1. The second kappa shape index (κ2) is 10.1. The van der Waals surface area contributed by atoms with Crippen molar-refractivity contribution in [2.24, 2.45) is 0 Å². The van der Waals surface area contributed by atoms with E-state index in [0.29, 0.717) is 15.9 Å². The molecule has 0 unspecified atom stereocenters. The molecule has 36 heavy (non-hydrogen) atoms. The molecule has 2 aromatic heterocycles. The third-order valence-electron chi connectivity index (χ3n) is 5.53. The van der Waals surface area contributed by atoms with Gasteiger partial charge in [-0.05, 0) is 72.5 Å². The molecule has 0 saturated carbocycles. The first-order valence-electron chi connectivity index (χ1n) is 11.0. The van der Waals surface area contributed by atoms with Crippen LogP contribution in [0, 0.1) is 18.3 Å². The van der Waals surface area contributed by atoms with Crippen LogP contribution in [0.15, 0.2) is 85.9 Å². The molecule has 0 atom stereocenters. The summed E-state index contributed by atoms with van der Waals surface area (Å²) in [7, 11) is -4.21. The van der Waals surface area contributed by atoms with Crippen molar-refractivity contribution in [1.29, 1.82) is 5.26 Å². The molecule has 4 rings (SSSR count). The van der Waals surface area contributed by atoms with Crippen LogP contribution in [0.4, 0.5) is 0 Å². The van der Waals surface area contributed by atoms with Gasteiger partial charge in [0, 0.05) is 10.7 Å². The van der Waals surface area contributed by atoms with E-state index in [1.165, 1.54) is 22.7 Å². The minimum atomic E-state index is -4.21. The van der Waals surface area contributed by atoms with Crippen molar-refractivity contribution in [3.63, 3.8) is 0 Å². The molecule has 0 bridgehead atoms. The van der Waals surface area contributed by atoms with E-state index >= 15 is 0 Å². The van der Waals surface area contributed by atoms with Crippen molar-refractivity contribution in [3.8, 4) is 17.7 Å². The first-order valence-corrected chi connectivity index (χ1v) is 13.3. The minimum absolute atomic E-state index is 0.0735. The summed E-state index contributed by atoms with van der Waals surface area (Å²) in [6.07, 6.45) is 2.56. The molecule has 0 aliphatic heterocycles. The summed E-state index contributed by atoms with van der Waals surface area (Å²) in [5.41, 5.74) is 1.45. The minimum Gasteiger partial charge on any atom is -0.438 e. The van der Waals surface area contributed by atoms with E-state index in [2.05, 4.69) is 20.9 Å². The molecule has 0 N–H and O–H groups in total. The van der Waals surface area contributed by atoms with Crippen molar-refractivity contribution in [2.75, 3.05) is 0 Å². The normalized spacial score (nSPS) is 12.1. The molecule has 0 spiro atoms. The zero-order chi connectivity index (χ0) is 26.0. The summed E-state index contributed by atoms with van der Waals surface area (Å²) in [6.45, 7) is 5.94. The molecule has 0 fully saturated rings. The van der Waals surface area contributed by atoms with Gasteiger partial charge in [0.2, 0.25) is 15.7 Å². The molecule has 0 aliphatic rings. The lowest BCUT2D eigenvalue weighted by atomic mass is 10.0. The van der Waals surface area contributed by atoms with Gasteiger partial charge in [-0.25, -0.2) is 8.42 Å². The SMILES string of the molecule is Cc1ccc(C(C)C)c(Oc2nc3ccccn3c(=O)c2/C=C(\C#N)S(=O)(=O)c2ccc(Br)cc2)c1. The van der Waals surface area contributed by atoms with E-state index in [0.717, 1.165) is 17.2 Å². The van der Waals surface area contributed by atoms with Crippen molar-refractivity contribution in [3.05, 3.63) is 103 Å². The Balaban J connectivity index is 1.96. The fraction of sp³-hybridized carbons (Fsp3) is 0.148. The van der Waals surface area contributed by atoms with Gasteiger partial charge >= 0.3 is 0 Å². The van der Waals surface area contributed by atoms with Crippen LogP contribution in [0.1, 0.15) is 36.5 Å². The van der Waals surface area contributed by atoms with Gasteiger partial charge in [-0.15, -0.1) is 0 Å². The van der Waals surface area contributed by atoms with Crippen molar-refractivity contribution in [2.45, 2.75) is 31.6 Å². The first-order chi connectivity index (χ1) is 17.1. The number of fused-ring (bicyclic) bond motifs is 1. The van der Waals surface area contributed by atoms with Crippen LogP contribution in [0.25, 0.3) is 11.7 Å². The Morgan fingerprint density at radius 1 is 1.14 bits per heavy atom. The van der Waals surface area contributed by atoms with Crippen molar-refractivity contribution in [1.82, 2.24) is 9.38 Å². The fourth-order valence-electron chi connectivity index (χ4n) is 3.64. The molecule has 0 radical (unpaired) electrons. The molecular formula is C27H22BrN3O4S. The number of pyridine rings is 1. The average molecular weight is 564 g/mol. The smallest absolute Gasteiger partial charge is 0.269 e. The zero-order valence-electron chi connectivity index (χ0n) is 19.8. The van der Waals surface area contributed by atoms with Gasteiger partial charge in [-0.1, -0.05) is 48.0 Å². The van der Waals surface area contributed by atoms with Gasteiger partial charge in [0.15, 0.2) is 0 Å². The Labute approximate surface area is 217 Å². The molecule has 7 nitrogen and oxygen atoms in total. The third kappa shape index (κ3) is 4.96. The van der Waals surface area contributed by atoms with Crippen molar-refractivity contribution < 1.29 is 13.2 Å². The van der Waals surface area contributed by atoms with E-state index in [1.807, 2.05) is 39.0 Å². The number of ether oxygens (including phenoxy) is 1. The molecule has 2 aromatic carbocycles. The maximum Gasteiger partial charge on any atom is 0.269 e. The molecule has 4 aromatic rings. The Bertz CT molecular complexity index is 1700. The second-order valence-electron chi connectivity index (χ2n) is 8.44. The second-order valence-corrected chi connectivity index (χ2v) is 11.3. The highest BCUT2D eigenvalue weighted by atomic mass is 79.9. The topological polar surface area (TPSA) is 102 Å². The number of hydrogen-bond acceptors (Lipinski definition) is 6. The number of aryl methyl sites for hydroxylation is 1. The van der Waals surface area contributed by atoms with Gasteiger partial charge in [-0.3, -0.25) is 9.20 Å². The van der Waals surface area contributed by atoms with Crippen LogP contribution in [0.5, 0.6) is 11.6 Å². The van der Waals surface area contributed by atoms with Gasteiger partial charge in [0.1, 0.15) is 27.9 Å². The van der Waals surface area contributed by atoms with Crippen LogP contribution < -0.4 is 10.3 Å². The highest BCUT2D eigenvalue weighted by Crippen LogP contribution is 2.33. The Morgan fingerprint density at radius 3 is 2.53 bits per heavy atom. The first kappa shape index (κ1) is 25.4. The predicted molar refractivity (Wildman–Crippen MR) is 142 cm³/mol. The van der Waals surface area contributed by atoms with E-state index in [9.17, 15) is 18.5 Å². The molecule has 9 heteroatoms. The molecule has 0 saturated heterocycles. The summed E-state index contributed by atoms with van der Waals surface area (Å²) in [6, 6.07) is 18.4. The van der Waals surface area contributed by atoms with E-state index in [-0.39, 0.29) is 22.3 Å². The summed E-state index contributed by atoms with van der Waals surface area (Å²) in [5, 5.41) is 9.80. The molecule has 0 aliphatic carbocycles. The van der Waals surface area contributed by atoms with Gasteiger partial charge in [0.25, 0.3) is 5.56 Å². The van der Waals surface area contributed by atoms with Gasteiger partial charge < -0.3 is 4.74 Å². The van der Waals surface area contributed by atoms with Crippen LogP contribution in [0.2, 0.25) is 0 Å². The van der Waals surface area contributed by atoms with E-state index in [4.69, 9.17) is 4.74 Å². The van der Waals surface area contributed by atoms with Crippen molar-refractivity contribution >= 4 is 37.5 Å². The maximum atomic E-state index is 13.5. The van der Waals surface area contributed by atoms with Crippen LogP contribution >= 0.6 is 15.9 Å². The summed E-state index contributed by atoms with van der Waals surface area (Å²) >= 11 is 3.27. The monoisotopic (exact) mass is 563 g/mol. The number of nitrogens with zero attached hydrogens (tertiary/aromatic N) is 3. The van der Waals surface area contributed by atoms with E-state index in [1.54, 1.807) is 36.4 Å². The molecule has 182 valence electrons. The van der Waals surface area contributed by atoms with Gasteiger partial charge in [0.05, 0.1) is 4.90 Å². The number of nitriles is 1. The fourth-order valence-corrected chi connectivity index (χ4v) is 5.04. The van der Waals surface area contributed by atoms with Crippen LogP contribution in [-0.4, -0.2) is 17.8 Å².